The van der Waals surface area contributed by atoms with Gasteiger partial charge in [0.15, 0.2) is 0 Å². The standard InChI is InChI=1S/C23H25N3O4/c1-15(27)25-10-11-26(23(29)21-7-4-12-30-21)20-14-17(8-9-19(20)25)16-5-3-6-18(13-16)22(28)24-2/h3,5-6,8-9,13-14,21H,4,7,10-12H2,1-2H3,(H,24,28). The minimum Gasteiger partial charge on any atom is -0.368 e. The second-order valence-electron chi connectivity index (χ2n) is 7.53. The lowest BCUT2D eigenvalue weighted by atomic mass is 9.99. The van der Waals surface area contributed by atoms with Gasteiger partial charge in [0.1, 0.15) is 6.10 Å². The van der Waals surface area contributed by atoms with Crippen LogP contribution < -0.4 is 15.1 Å². The Balaban J connectivity index is 1.76. The smallest absolute Gasteiger partial charge is 0.256 e. The number of benzene rings is 2. The molecule has 1 unspecified atom stereocenters. The summed E-state index contributed by atoms with van der Waals surface area (Å²) in [7, 11) is 1.60. The monoisotopic (exact) mass is 407 g/mol. The lowest BCUT2D eigenvalue weighted by Gasteiger charge is -2.37. The topological polar surface area (TPSA) is 79.0 Å². The molecule has 2 aliphatic heterocycles. The molecule has 7 heteroatoms. The van der Waals surface area contributed by atoms with Crippen molar-refractivity contribution in [3.05, 3.63) is 48.0 Å². The molecule has 2 aromatic rings. The molecular weight excluding hydrogens is 382 g/mol. The van der Waals surface area contributed by atoms with Gasteiger partial charge in [-0.1, -0.05) is 18.2 Å². The van der Waals surface area contributed by atoms with Gasteiger partial charge in [-0.2, -0.15) is 0 Å². The van der Waals surface area contributed by atoms with Gasteiger partial charge in [-0.15, -0.1) is 0 Å². The van der Waals surface area contributed by atoms with E-state index in [0.717, 1.165) is 24.0 Å². The van der Waals surface area contributed by atoms with Gasteiger partial charge in [0.2, 0.25) is 5.91 Å². The Morgan fingerprint density at radius 3 is 2.47 bits per heavy atom. The summed E-state index contributed by atoms with van der Waals surface area (Å²) in [6.07, 6.45) is 1.17. The van der Waals surface area contributed by atoms with Crippen LogP contribution in [-0.4, -0.2) is 50.6 Å². The average Bonchev–Trinajstić information content (AvgIpc) is 3.32. The Bertz CT molecular complexity index is 998. The molecule has 1 atom stereocenters. The van der Waals surface area contributed by atoms with Gasteiger partial charge >= 0.3 is 0 Å². The number of carbonyl (C=O) groups excluding carboxylic acids is 3. The Morgan fingerprint density at radius 1 is 1.00 bits per heavy atom. The Labute approximate surface area is 175 Å². The predicted molar refractivity (Wildman–Crippen MR) is 115 cm³/mol. The molecule has 0 spiro atoms. The van der Waals surface area contributed by atoms with Gasteiger partial charge in [-0.05, 0) is 48.2 Å². The van der Waals surface area contributed by atoms with E-state index in [-0.39, 0.29) is 17.7 Å². The molecular formula is C23H25N3O4. The van der Waals surface area contributed by atoms with Gasteiger partial charge in [-0.25, -0.2) is 0 Å². The third-order valence-corrected chi connectivity index (χ3v) is 5.64. The first-order chi connectivity index (χ1) is 14.5. The molecule has 30 heavy (non-hydrogen) atoms. The Hall–Kier alpha value is -3.19. The zero-order valence-electron chi connectivity index (χ0n) is 17.2. The highest BCUT2D eigenvalue weighted by molar-refractivity contribution is 6.06. The van der Waals surface area contributed by atoms with Crippen LogP contribution in [0.25, 0.3) is 11.1 Å². The number of hydrogen-bond acceptors (Lipinski definition) is 4. The molecule has 156 valence electrons. The second-order valence-corrected chi connectivity index (χ2v) is 7.53. The van der Waals surface area contributed by atoms with Crippen molar-refractivity contribution in [3.8, 4) is 11.1 Å². The van der Waals surface area contributed by atoms with Crippen molar-refractivity contribution in [2.24, 2.45) is 0 Å². The van der Waals surface area contributed by atoms with Crippen molar-refractivity contribution in [2.45, 2.75) is 25.9 Å². The maximum absolute atomic E-state index is 13.1. The fourth-order valence-corrected chi connectivity index (χ4v) is 4.07. The number of amides is 3. The molecule has 0 radical (unpaired) electrons. The van der Waals surface area contributed by atoms with Crippen molar-refractivity contribution in [1.82, 2.24) is 5.32 Å². The molecule has 3 amide bonds. The SMILES string of the molecule is CNC(=O)c1cccc(-c2ccc3c(c2)N(C(=O)C2CCCO2)CCN3C(C)=O)c1. The summed E-state index contributed by atoms with van der Waals surface area (Å²) in [6, 6.07) is 13.0. The van der Waals surface area contributed by atoms with E-state index in [0.29, 0.717) is 36.6 Å². The maximum Gasteiger partial charge on any atom is 0.256 e. The van der Waals surface area contributed by atoms with E-state index in [9.17, 15) is 14.4 Å². The quantitative estimate of drug-likeness (QED) is 0.848. The Morgan fingerprint density at radius 2 is 1.77 bits per heavy atom. The van der Waals surface area contributed by atoms with Crippen LogP contribution in [0.1, 0.15) is 30.1 Å². The van der Waals surface area contributed by atoms with Crippen molar-refractivity contribution < 1.29 is 19.1 Å². The number of hydrogen-bond donors (Lipinski definition) is 1. The molecule has 1 N–H and O–H groups in total. The van der Waals surface area contributed by atoms with E-state index in [2.05, 4.69) is 5.32 Å². The van der Waals surface area contributed by atoms with E-state index in [1.54, 1.807) is 22.9 Å². The summed E-state index contributed by atoms with van der Waals surface area (Å²) in [5, 5.41) is 2.63. The first-order valence-corrected chi connectivity index (χ1v) is 10.2. The normalized spacial score (nSPS) is 18.1. The molecule has 2 aromatic carbocycles. The first-order valence-electron chi connectivity index (χ1n) is 10.2. The molecule has 0 bridgehead atoms. The maximum atomic E-state index is 13.1. The second kappa shape index (κ2) is 8.28. The van der Waals surface area contributed by atoms with Gasteiger partial charge < -0.3 is 19.9 Å². The molecule has 1 fully saturated rings. The zero-order chi connectivity index (χ0) is 21.3. The van der Waals surface area contributed by atoms with Crippen LogP contribution in [0.5, 0.6) is 0 Å². The molecule has 0 aromatic heterocycles. The van der Waals surface area contributed by atoms with Gasteiger partial charge in [0.05, 0.1) is 11.4 Å². The molecule has 2 heterocycles. The van der Waals surface area contributed by atoms with Crippen LogP contribution in [0.15, 0.2) is 42.5 Å². The molecule has 0 aliphatic carbocycles. The van der Waals surface area contributed by atoms with Crippen LogP contribution >= 0.6 is 0 Å². The van der Waals surface area contributed by atoms with Crippen LogP contribution in [0.2, 0.25) is 0 Å². The highest BCUT2D eigenvalue weighted by Gasteiger charge is 2.34. The third-order valence-electron chi connectivity index (χ3n) is 5.64. The molecule has 4 rings (SSSR count). The predicted octanol–water partition coefficient (Wildman–Crippen LogP) is 2.59. The number of ether oxygens (including phenoxy) is 1. The van der Waals surface area contributed by atoms with E-state index >= 15 is 0 Å². The zero-order valence-corrected chi connectivity index (χ0v) is 17.2. The molecule has 2 aliphatic rings. The Kier molecular flexibility index (Phi) is 5.55. The van der Waals surface area contributed by atoms with Crippen LogP contribution in [-0.2, 0) is 14.3 Å². The summed E-state index contributed by atoms with van der Waals surface area (Å²) in [5.41, 5.74) is 3.70. The molecule has 0 saturated carbocycles. The number of fused-ring (bicyclic) bond motifs is 1. The lowest BCUT2D eigenvalue weighted by molar-refractivity contribution is -0.127. The lowest BCUT2D eigenvalue weighted by Crippen LogP contribution is -2.48. The third kappa shape index (κ3) is 3.68. The van der Waals surface area contributed by atoms with Crippen molar-refractivity contribution >= 4 is 29.1 Å². The summed E-state index contributed by atoms with van der Waals surface area (Å²) in [6.45, 7) is 3.00. The van der Waals surface area contributed by atoms with Crippen LogP contribution in [0.3, 0.4) is 0 Å². The van der Waals surface area contributed by atoms with Crippen molar-refractivity contribution in [1.29, 1.82) is 0 Å². The van der Waals surface area contributed by atoms with Crippen LogP contribution in [0.4, 0.5) is 11.4 Å². The van der Waals surface area contributed by atoms with E-state index in [1.165, 1.54) is 6.92 Å². The molecule has 7 nitrogen and oxygen atoms in total. The van der Waals surface area contributed by atoms with Gasteiger partial charge in [-0.3, -0.25) is 14.4 Å². The fraction of sp³-hybridized carbons (Fsp3) is 0.348. The highest BCUT2D eigenvalue weighted by atomic mass is 16.5. The summed E-state index contributed by atoms with van der Waals surface area (Å²) < 4.78 is 5.61. The summed E-state index contributed by atoms with van der Waals surface area (Å²) >= 11 is 0. The van der Waals surface area contributed by atoms with Crippen molar-refractivity contribution in [3.63, 3.8) is 0 Å². The van der Waals surface area contributed by atoms with E-state index < -0.39 is 6.10 Å². The summed E-state index contributed by atoms with van der Waals surface area (Å²) in [4.78, 5) is 40.7. The van der Waals surface area contributed by atoms with Crippen molar-refractivity contribution in [2.75, 3.05) is 36.5 Å². The average molecular weight is 407 g/mol. The number of nitrogens with zero attached hydrogens (tertiary/aromatic N) is 2. The summed E-state index contributed by atoms with van der Waals surface area (Å²) in [5.74, 6) is -0.282. The fourth-order valence-electron chi connectivity index (χ4n) is 4.07. The van der Waals surface area contributed by atoms with Gasteiger partial charge in [0.25, 0.3) is 11.8 Å². The number of anilines is 2. The minimum atomic E-state index is -0.429. The van der Waals surface area contributed by atoms with Gasteiger partial charge in [0, 0.05) is 39.2 Å². The van der Waals surface area contributed by atoms with E-state index in [4.69, 9.17) is 4.74 Å². The molecule has 1 saturated heterocycles. The number of rotatable bonds is 3. The first kappa shape index (κ1) is 20.1. The number of carbonyl (C=O) groups is 3. The number of nitrogens with one attached hydrogen (secondary N) is 1. The largest absolute Gasteiger partial charge is 0.368 e. The minimum absolute atomic E-state index is 0.0603. The van der Waals surface area contributed by atoms with E-state index in [1.807, 2.05) is 36.4 Å². The highest BCUT2D eigenvalue weighted by Crippen LogP contribution is 2.38. The van der Waals surface area contributed by atoms with Crippen LogP contribution in [0, 0.1) is 0 Å².